The molecule has 0 saturated carbocycles. The minimum atomic E-state index is -1.49. The molecular formula is C45H63N13O9. The summed E-state index contributed by atoms with van der Waals surface area (Å²) in [5, 5.41) is 21.7. The molecule has 1 fully saturated rings. The van der Waals surface area contributed by atoms with E-state index < -0.39 is 108 Å². The van der Waals surface area contributed by atoms with Crippen LogP contribution in [0.15, 0.2) is 65.8 Å². The number of carbonyl (C=O) groups is 9. The van der Waals surface area contributed by atoms with Crippen LogP contribution in [-0.2, 0) is 56.0 Å². The van der Waals surface area contributed by atoms with Gasteiger partial charge in [0.2, 0.25) is 53.2 Å². The summed E-state index contributed by atoms with van der Waals surface area (Å²) in [5.74, 6) is -7.24. The molecule has 3 aromatic rings. The van der Waals surface area contributed by atoms with Crippen LogP contribution >= 0.6 is 0 Å². The van der Waals surface area contributed by atoms with Crippen molar-refractivity contribution in [1.82, 2.24) is 47.5 Å². The maximum Gasteiger partial charge on any atom is 0.245 e. The van der Waals surface area contributed by atoms with Crippen molar-refractivity contribution < 1.29 is 43.2 Å². The number of aromatic amines is 1. The smallest absolute Gasteiger partial charge is 0.245 e. The highest BCUT2D eigenvalue weighted by Gasteiger charge is 2.34. The summed E-state index contributed by atoms with van der Waals surface area (Å²) in [4.78, 5) is 129. The molecule has 0 unspecified atom stereocenters. The molecule has 22 nitrogen and oxygen atoms in total. The van der Waals surface area contributed by atoms with E-state index in [9.17, 15) is 43.2 Å². The van der Waals surface area contributed by atoms with Crippen molar-refractivity contribution in [1.29, 1.82) is 0 Å². The average molecular weight is 930 g/mol. The van der Waals surface area contributed by atoms with E-state index in [1.165, 1.54) is 13.8 Å². The molecule has 1 aliphatic heterocycles. The number of rotatable bonds is 15. The highest BCUT2D eigenvalue weighted by molar-refractivity contribution is 5.98. The first-order valence-corrected chi connectivity index (χ1v) is 22.2. The number of amides is 9. The number of fused-ring (bicyclic) bond motifs is 1. The predicted molar refractivity (Wildman–Crippen MR) is 248 cm³/mol. The molecule has 67 heavy (non-hydrogen) atoms. The second-order valence-electron chi connectivity index (χ2n) is 16.4. The molecule has 362 valence electrons. The topological polar surface area (TPSA) is 356 Å². The Balaban J connectivity index is 1.75. The third-order valence-corrected chi connectivity index (χ3v) is 11.0. The summed E-state index contributed by atoms with van der Waals surface area (Å²) in [6, 6.07) is 6.67. The number of aromatic nitrogens is 1. The summed E-state index contributed by atoms with van der Waals surface area (Å²) in [7, 11) is 0. The third kappa shape index (κ3) is 16.8. The SMILES string of the molecule is CCCC[C@H](NC(C)=O)C(=O)N[C@H]1CNC(=O)CC[C@@H](C(N)=O)NC(=O)[C@H](Cc2c[nH]c3ccccc23)NC(=O)[C@H](CCCN=C(N)N)NC(=O)[C@@H](Cc2ccccc2)NC(=O)[C@H](C)NC1=O. The number of hydrogen-bond donors (Lipinski definition) is 12. The first kappa shape index (κ1) is 52.1. The lowest BCUT2D eigenvalue weighted by atomic mass is 10.0. The average Bonchev–Trinajstić information content (AvgIpc) is 3.70. The molecule has 2 aromatic carbocycles. The Bertz CT molecular complexity index is 2260. The Morgan fingerprint density at radius 3 is 2.10 bits per heavy atom. The number of para-hydroxylation sites is 1. The van der Waals surface area contributed by atoms with Gasteiger partial charge in [0.25, 0.3) is 0 Å². The number of benzene rings is 2. The predicted octanol–water partition coefficient (Wildman–Crippen LogP) is -1.97. The van der Waals surface area contributed by atoms with Crippen molar-refractivity contribution >= 4 is 70.0 Å². The number of H-pyrrole nitrogens is 1. The number of primary amides is 1. The van der Waals surface area contributed by atoms with Gasteiger partial charge in [-0.3, -0.25) is 48.1 Å². The van der Waals surface area contributed by atoms with Crippen LogP contribution in [0.4, 0.5) is 0 Å². The first-order valence-electron chi connectivity index (χ1n) is 22.2. The minimum Gasteiger partial charge on any atom is -0.370 e. The van der Waals surface area contributed by atoms with Crippen molar-refractivity contribution in [2.24, 2.45) is 22.2 Å². The number of nitrogens with zero attached hydrogens (tertiary/aromatic N) is 1. The molecule has 1 aliphatic rings. The van der Waals surface area contributed by atoms with E-state index >= 15 is 0 Å². The van der Waals surface area contributed by atoms with Crippen LogP contribution in [0.2, 0.25) is 0 Å². The number of hydrogen-bond acceptors (Lipinski definition) is 10. The molecule has 1 aromatic heterocycles. The van der Waals surface area contributed by atoms with Gasteiger partial charge in [0, 0.05) is 56.4 Å². The molecule has 22 heteroatoms. The quantitative estimate of drug-likeness (QED) is 0.0451. The molecule has 0 aliphatic carbocycles. The first-order chi connectivity index (χ1) is 31.9. The zero-order chi connectivity index (χ0) is 49.0. The number of guanidine groups is 1. The molecule has 1 saturated heterocycles. The van der Waals surface area contributed by atoms with Gasteiger partial charge in [0.1, 0.15) is 42.3 Å². The number of carbonyl (C=O) groups excluding carboxylic acids is 9. The molecular weight excluding hydrogens is 867 g/mol. The second kappa shape index (κ2) is 25.8. The molecule has 2 heterocycles. The van der Waals surface area contributed by atoms with Gasteiger partial charge in [-0.25, -0.2) is 0 Å². The lowest BCUT2D eigenvalue weighted by Gasteiger charge is -2.27. The lowest BCUT2D eigenvalue weighted by Crippen LogP contribution is -2.61. The fraction of sp³-hybridized carbons (Fsp3) is 0.467. The molecule has 0 bridgehead atoms. The second-order valence-corrected chi connectivity index (χ2v) is 16.4. The van der Waals surface area contributed by atoms with Crippen molar-refractivity contribution in [2.45, 2.75) is 121 Å². The van der Waals surface area contributed by atoms with Crippen molar-refractivity contribution in [2.75, 3.05) is 13.1 Å². The van der Waals surface area contributed by atoms with Crippen LogP contribution in [0.25, 0.3) is 10.9 Å². The molecule has 0 radical (unpaired) electrons. The molecule has 15 N–H and O–H groups in total. The van der Waals surface area contributed by atoms with Gasteiger partial charge in [-0.2, -0.15) is 0 Å². The third-order valence-electron chi connectivity index (χ3n) is 11.0. The van der Waals surface area contributed by atoms with Gasteiger partial charge in [-0.1, -0.05) is 68.3 Å². The number of nitrogens with one attached hydrogen (secondary N) is 9. The van der Waals surface area contributed by atoms with Crippen molar-refractivity contribution in [3.63, 3.8) is 0 Å². The van der Waals surface area contributed by atoms with Crippen LogP contribution in [0.5, 0.6) is 0 Å². The van der Waals surface area contributed by atoms with E-state index in [2.05, 4.69) is 52.5 Å². The fourth-order valence-electron chi connectivity index (χ4n) is 7.32. The van der Waals surface area contributed by atoms with Gasteiger partial charge < -0.3 is 64.7 Å². The van der Waals surface area contributed by atoms with E-state index in [-0.39, 0.29) is 51.0 Å². The Labute approximate surface area is 387 Å². The van der Waals surface area contributed by atoms with Crippen molar-refractivity contribution in [3.05, 3.63) is 71.9 Å². The van der Waals surface area contributed by atoms with Crippen LogP contribution in [0.1, 0.15) is 76.8 Å². The van der Waals surface area contributed by atoms with Gasteiger partial charge in [-0.05, 0) is 49.8 Å². The maximum atomic E-state index is 14.4. The van der Waals surface area contributed by atoms with Gasteiger partial charge in [-0.15, -0.1) is 0 Å². The van der Waals surface area contributed by atoms with Gasteiger partial charge >= 0.3 is 0 Å². The Morgan fingerprint density at radius 1 is 0.776 bits per heavy atom. The van der Waals surface area contributed by atoms with Crippen molar-refractivity contribution in [3.8, 4) is 0 Å². The highest BCUT2D eigenvalue weighted by atomic mass is 16.2. The standard InChI is InChI=1S/C45H63N13O9/c1-4-5-15-32(53-26(3)59)40(63)58-36-24-51-37(60)19-18-31(38(46)61)54-43(66)35(22-28-23-50-30-16-10-9-14-29(28)30)57-41(64)33(17-11-20-49-45(47)48)55-42(65)34(21-27-12-7-6-8-13-27)56-39(62)25(2)52-44(36)67/h6-10,12-14,16,23,25,31-36,50H,4-5,11,15,17-22,24H2,1-3H3,(H2,46,61)(H,51,60)(H,52,67)(H,53,59)(H,54,66)(H,55,65)(H,56,62)(H,57,64)(H,58,63)(H4,47,48,49)/t25-,31-,32-,33-,34+,35-,36-/m0/s1. The fourth-order valence-corrected chi connectivity index (χ4v) is 7.32. The lowest BCUT2D eigenvalue weighted by molar-refractivity contribution is -0.135. The monoisotopic (exact) mass is 929 g/mol. The van der Waals surface area contributed by atoms with E-state index in [1.54, 1.807) is 42.6 Å². The van der Waals surface area contributed by atoms with E-state index in [0.29, 0.717) is 24.0 Å². The number of unbranched alkanes of at least 4 members (excludes halogenated alkanes) is 1. The van der Waals surface area contributed by atoms with E-state index in [0.717, 1.165) is 10.9 Å². The summed E-state index contributed by atoms with van der Waals surface area (Å²) in [5.41, 5.74) is 18.8. The van der Waals surface area contributed by atoms with E-state index in [1.807, 2.05) is 25.1 Å². The van der Waals surface area contributed by atoms with Crippen LogP contribution in [-0.4, -0.2) is 119 Å². The Hall–Kier alpha value is -7.52. The van der Waals surface area contributed by atoms with Gasteiger partial charge in [0.05, 0.1) is 0 Å². The van der Waals surface area contributed by atoms with Crippen LogP contribution in [0, 0.1) is 0 Å². The minimum absolute atomic E-state index is 0.0401. The molecule has 4 rings (SSSR count). The summed E-state index contributed by atoms with van der Waals surface area (Å²) in [6.07, 6.45) is 2.45. The zero-order valence-corrected chi connectivity index (χ0v) is 37.9. The molecule has 7 atom stereocenters. The number of aliphatic imine (C=N–C) groups is 1. The summed E-state index contributed by atoms with van der Waals surface area (Å²) >= 11 is 0. The van der Waals surface area contributed by atoms with E-state index in [4.69, 9.17) is 17.2 Å². The Kier molecular flexibility index (Phi) is 20.1. The van der Waals surface area contributed by atoms with Crippen LogP contribution < -0.4 is 59.7 Å². The molecule has 9 amide bonds. The van der Waals surface area contributed by atoms with Crippen LogP contribution in [0.3, 0.4) is 0 Å². The highest BCUT2D eigenvalue weighted by Crippen LogP contribution is 2.20. The normalized spacial score (nSPS) is 22.0. The summed E-state index contributed by atoms with van der Waals surface area (Å²) < 4.78 is 0. The summed E-state index contributed by atoms with van der Waals surface area (Å²) in [6.45, 7) is 4.06. The largest absolute Gasteiger partial charge is 0.370 e. The number of nitrogens with two attached hydrogens (primary N) is 3. The van der Waals surface area contributed by atoms with Gasteiger partial charge in [0.15, 0.2) is 5.96 Å². The zero-order valence-electron chi connectivity index (χ0n) is 37.9. The molecule has 0 spiro atoms. The maximum absolute atomic E-state index is 14.4. The Morgan fingerprint density at radius 2 is 1.42 bits per heavy atom.